The molecule has 1 radical (unpaired) electrons. The van der Waals surface area contributed by atoms with Crippen LogP contribution in [-0.4, -0.2) is 22.5 Å². The van der Waals surface area contributed by atoms with Crippen LogP contribution in [0.15, 0.2) is 24.3 Å². The lowest BCUT2D eigenvalue weighted by Crippen LogP contribution is -2.39. The van der Waals surface area contributed by atoms with Crippen LogP contribution in [0.1, 0.15) is 57.9 Å². The smallest absolute Gasteiger partial charge is 0.390 e. The number of benzene rings is 1. The maximum Gasteiger partial charge on any atom is 0.423 e. The van der Waals surface area contributed by atoms with E-state index in [0.717, 1.165) is 26.1 Å². The Morgan fingerprint density at radius 2 is 1.40 bits per heavy atom. The fraction of sp³-hybridized carbons (Fsp3) is 0.647. The fourth-order valence-corrected chi connectivity index (χ4v) is 3.72. The molecule has 0 N–H and O–H groups in total. The van der Waals surface area contributed by atoms with Crippen molar-refractivity contribution in [2.24, 2.45) is 0 Å². The maximum absolute atomic E-state index is 6.07. The molecule has 1 aromatic carbocycles. The van der Waals surface area contributed by atoms with Gasteiger partial charge in [0.1, 0.15) is 0 Å². The van der Waals surface area contributed by atoms with E-state index < -0.39 is 9.28 Å². The van der Waals surface area contributed by atoms with Gasteiger partial charge in [0.2, 0.25) is 0 Å². The van der Waals surface area contributed by atoms with Crippen molar-refractivity contribution in [2.75, 3.05) is 13.2 Å². The molecule has 0 bridgehead atoms. The van der Waals surface area contributed by atoms with E-state index in [4.69, 9.17) is 8.85 Å². The van der Waals surface area contributed by atoms with Gasteiger partial charge in [-0.05, 0) is 30.5 Å². The zero-order valence-electron chi connectivity index (χ0n) is 13.3. The molecule has 0 unspecified atom stereocenters. The van der Waals surface area contributed by atoms with Gasteiger partial charge in [0, 0.05) is 13.2 Å². The molecule has 20 heavy (non-hydrogen) atoms. The summed E-state index contributed by atoms with van der Waals surface area (Å²) in [5.74, 6) is 0. The number of hydrogen-bond acceptors (Lipinski definition) is 2. The van der Waals surface area contributed by atoms with Crippen molar-refractivity contribution in [3.05, 3.63) is 29.8 Å². The lowest BCUT2D eigenvalue weighted by Gasteiger charge is -2.17. The molecule has 113 valence electrons. The molecular formula is C17H29O2Si. The fourth-order valence-electron chi connectivity index (χ4n) is 2.03. The summed E-state index contributed by atoms with van der Waals surface area (Å²) in [6, 6.07) is 8.46. The van der Waals surface area contributed by atoms with Gasteiger partial charge < -0.3 is 8.85 Å². The number of aryl methyl sites for hydroxylation is 1. The number of hydrogen-bond donors (Lipinski definition) is 0. The molecule has 1 rings (SSSR count). The van der Waals surface area contributed by atoms with E-state index in [9.17, 15) is 0 Å². The molecular weight excluding hydrogens is 264 g/mol. The lowest BCUT2D eigenvalue weighted by atomic mass is 10.2. The minimum Gasteiger partial charge on any atom is -0.390 e. The summed E-state index contributed by atoms with van der Waals surface area (Å²) in [6.45, 7) is 8.22. The van der Waals surface area contributed by atoms with Gasteiger partial charge >= 0.3 is 9.28 Å². The van der Waals surface area contributed by atoms with Crippen LogP contribution in [-0.2, 0) is 8.85 Å². The van der Waals surface area contributed by atoms with Crippen LogP contribution in [0, 0.1) is 6.92 Å². The van der Waals surface area contributed by atoms with Gasteiger partial charge in [-0.1, -0.05) is 63.8 Å². The SMILES string of the molecule is CCCCCO[Si](OCCCCC)c1ccccc1C. The van der Waals surface area contributed by atoms with Crippen molar-refractivity contribution in [2.45, 2.75) is 59.3 Å². The van der Waals surface area contributed by atoms with Crippen LogP contribution in [0.4, 0.5) is 0 Å². The van der Waals surface area contributed by atoms with E-state index in [1.807, 2.05) is 0 Å². The first-order valence-corrected chi connectivity index (χ1v) is 9.29. The molecule has 1 aromatic rings. The lowest BCUT2D eigenvalue weighted by molar-refractivity contribution is 0.200. The highest BCUT2D eigenvalue weighted by Crippen LogP contribution is 2.04. The molecule has 0 aliphatic carbocycles. The molecule has 0 heterocycles. The first kappa shape index (κ1) is 17.4. The molecule has 0 amide bonds. The zero-order chi connectivity index (χ0) is 14.6. The van der Waals surface area contributed by atoms with Gasteiger partial charge in [0.05, 0.1) is 0 Å². The summed E-state index contributed by atoms with van der Waals surface area (Å²) in [5, 5.41) is 1.27. The van der Waals surface area contributed by atoms with Gasteiger partial charge in [0.25, 0.3) is 0 Å². The Bertz CT molecular complexity index is 343. The first-order chi connectivity index (χ1) is 9.79. The largest absolute Gasteiger partial charge is 0.423 e. The number of unbranched alkanes of at least 4 members (excludes halogenated alkanes) is 4. The molecule has 3 heteroatoms. The predicted molar refractivity (Wildman–Crippen MR) is 87.5 cm³/mol. The van der Waals surface area contributed by atoms with E-state index in [1.165, 1.54) is 36.4 Å². The van der Waals surface area contributed by atoms with Gasteiger partial charge in [-0.3, -0.25) is 0 Å². The van der Waals surface area contributed by atoms with Crippen LogP contribution < -0.4 is 5.19 Å². The minimum absolute atomic E-state index is 0.824. The van der Waals surface area contributed by atoms with E-state index in [-0.39, 0.29) is 0 Å². The van der Waals surface area contributed by atoms with Crippen LogP contribution >= 0.6 is 0 Å². The summed E-state index contributed by atoms with van der Waals surface area (Å²) in [5.41, 5.74) is 1.28. The third kappa shape index (κ3) is 6.68. The predicted octanol–water partition coefficient (Wildman–Crippen LogP) is 4.10. The van der Waals surface area contributed by atoms with Crippen molar-refractivity contribution < 1.29 is 8.85 Å². The third-order valence-corrected chi connectivity index (χ3v) is 5.26. The van der Waals surface area contributed by atoms with Gasteiger partial charge in [-0.25, -0.2) is 0 Å². The van der Waals surface area contributed by atoms with Gasteiger partial charge in [-0.15, -0.1) is 0 Å². The Hall–Kier alpha value is -0.643. The Morgan fingerprint density at radius 1 is 0.850 bits per heavy atom. The average molecular weight is 294 g/mol. The van der Waals surface area contributed by atoms with Crippen LogP contribution in [0.25, 0.3) is 0 Å². The summed E-state index contributed by atoms with van der Waals surface area (Å²) in [4.78, 5) is 0. The van der Waals surface area contributed by atoms with Crippen LogP contribution in [0.2, 0.25) is 0 Å². The summed E-state index contributed by atoms with van der Waals surface area (Å²) in [7, 11) is -1.31. The van der Waals surface area contributed by atoms with E-state index in [2.05, 4.69) is 45.0 Å². The first-order valence-electron chi connectivity index (χ1n) is 7.98. The molecule has 0 aromatic heterocycles. The number of rotatable bonds is 11. The molecule has 0 spiro atoms. The van der Waals surface area contributed by atoms with Crippen molar-refractivity contribution >= 4 is 14.5 Å². The summed E-state index contributed by atoms with van der Waals surface area (Å²) in [6.07, 6.45) is 7.20. The van der Waals surface area contributed by atoms with E-state index >= 15 is 0 Å². The summed E-state index contributed by atoms with van der Waals surface area (Å²) < 4.78 is 12.1. The topological polar surface area (TPSA) is 18.5 Å². The summed E-state index contributed by atoms with van der Waals surface area (Å²) >= 11 is 0. The Morgan fingerprint density at radius 3 is 1.90 bits per heavy atom. The van der Waals surface area contributed by atoms with E-state index in [0.29, 0.717) is 0 Å². The monoisotopic (exact) mass is 293 g/mol. The highest BCUT2D eigenvalue weighted by atomic mass is 28.3. The van der Waals surface area contributed by atoms with Crippen LogP contribution in [0.5, 0.6) is 0 Å². The second kappa shape index (κ2) is 11.1. The highest BCUT2D eigenvalue weighted by molar-refractivity contribution is 6.61. The molecule has 0 saturated heterocycles. The second-order valence-electron chi connectivity index (χ2n) is 5.21. The Balaban J connectivity index is 2.52. The standard InChI is InChI=1S/C17H29O2Si/c1-4-6-10-14-18-20(19-15-11-7-5-2)17-13-9-8-12-16(17)3/h8-9,12-13H,4-7,10-11,14-15H2,1-3H3. The van der Waals surface area contributed by atoms with Crippen molar-refractivity contribution in [1.82, 2.24) is 0 Å². The van der Waals surface area contributed by atoms with Gasteiger partial charge in [-0.2, -0.15) is 0 Å². The molecule has 0 fully saturated rings. The van der Waals surface area contributed by atoms with Crippen molar-refractivity contribution in [3.63, 3.8) is 0 Å². The maximum atomic E-state index is 6.07. The molecule has 0 saturated carbocycles. The highest BCUT2D eigenvalue weighted by Gasteiger charge is 2.20. The average Bonchev–Trinajstić information content (AvgIpc) is 2.46. The Kier molecular flexibility index (Phi) is 9.63. The van der Waals surface area contributed by atoms with Crippen molar-refractivity contribution in [1.29, 1.82) is 0 Å². The molecule has 0 atom stereocenters. The zero-order valence-corrected chi connectivity index (χ0v) is 14.3. The quantitative estimate of drug-likeness (QED) is 0.452. The third-order valence-electron chi connectivity index (χ3n) is 3.33. The normalized spacial score (nSPS) is 11.2. The molecule has 2 nitrogen and oxygen atoms in total. The van der Waals surface area contributed by atoms with E-state index in [1.54, 1.807) is 0 Å². The Labute approximate surface area is 126 Å². The van der Waals surface area contributed by atoms with Crippen LogP contribution in [0.3, 0.4) is 0 Å². The molecule has 0 aliphatic rings. The minimum atomic E-state index is -1.31. The second-order valence-corrected chi connectivity index (χ2v) is 6.90. The van der Waals surface area contributed by atoms with Gasteiger partial charge in [0.15, 0.2) is 0 Å². The molecule has 0 aliphatic heterocycles. The van der Waals surface area contributed by atoms with Crippen molar-refractivity contribution in [3.8, 4) is 0 Å².